The van der Waals surface area contributed by atoms with Crippen LogP contribution in [0.15, 0.2) is 29.4 Å². The molecule has 3 rings (SSSR count). The molecule has 0 saturated carbocycles. The molecule has 22 heavy (non-hydrogen) atoms. The van der Waals surface area contributed by atoms with Gasteiger partial charge in [-0.3, -0.25) is 4.79 Å². The number of aromatic nitrogens is 3. The van der Waals surface area contributed by atoms with Crippen LogP contribution in [0.4, 0.5) is 0 Å². The number of carbonyl (C=O) groups is 1. The highest BCUT2D eigenvalue weighted by Gasteiger charge is 2.27. The van der Waals surface area contributed by atoms with Crippen LogP contribution >= 0.6 is 0 Å². The van der Waals surface area contributed by atoms with Gasteiger partial charge in [-0.25, -0.2) is 15.0 Å². The third kappa shape index (κ3) is 3.30. The van der Waals surface area contributed by atoms with Crippen LogP contribution in [0, 0.1) is 6.92 Å². The van der Waals surface area contributed by atoms with Gasteiger partial charge in [-0.15, -0.1) is 0 Å². The Morgan fingerprint density at radius 1 is 1.45 bits per heavy atom. The van der Waals surface area contributed by atoms with Crippen LogP contribution in [0.3, 0.4) is 0 Å². The highest BCUT2D eigenvalue weighted by Crippen LogP contribution is 2.15. The van der Waals surface area contributed by atoms with Crippen molar-refractivity contribution in [3.05, 3.63) is 42.1 Å². The van der Waals surface area contributed by atoms with Gasteiger partial charge in [-0.1, -0.05) is 0 Å². The molecule has 0 radical (unpaired) electrons. The molecule has 0 bridgehead atoms. The number of aryl methyl sites for hydroxylation is 2. The van der Waals surface area contributed by atoms with Crippen molar-refractivity contribution >= 4 is 5.91 Å². The standard InChI is InChI=1S/C15H18N4O3/c1-11-14(18-10-22-11)15(20)19-6-7-21-13(8-19)3-2-12-4-5-16-9-17-12/h4-5,9-10,13H,2-3,6-8H2,1H3/t13-/m0/s1. The molecule has 0 unspecified atom stereocenters. The number of nitrogens with zero attached hydrogens (tertiary/aromatic N) is 4. The van der Waals surface area contributed by atoms with Crippen molar-refractivity contribution in [2.45, 2.75) is 25.9 Å². The minimum Gasteiger partial charge on any atom is -0.448 e. The first-order chi connectivity index (χ1) is 10.7. The van der Waals surface area contributed by atoms with Crippen LogP contribution in [-0.2, 0) is 11.2 Å². The Morgan fingerprint density at radius 2 is 2.36 bits per heavy atom. The Bertz CT molecular complexity index is 629. The zero-order valence-corrected chi connectivity index (χ0v) is 12.4. The largest absolute Gasteiger partial charge is 0.448 e. The van der Waals surface area contributed by atoms with E-state index < -0.39 is 0 Å². The molecule has 1 fully saturated rings. The van der Waals surface area contributed by atoms with Crippen molar-refractivity contribution in [3.63, 3.8) is 0 Å². The normalized spacial score (nSPS) is 18.4. The lowest BCUT2D eigenvalue weighted by Gasteiger charge is -2.32. The van der Waals surface area contributed by atoms with Gasteiger partial charge >= 0.3 is 0 Å². The van der Waals surface area contributed by atoms with E-state index in [9.17, 15) is 4.79 Å². The molecule has 1 amide bonds. The number of morpholine rings is 1. The number of hydrogen-bond acceptors (Lipinski definition) is 6. The summed E-state index contributed by atoms with van der Waals surface area (Å²) < 4.78 is 10.9. The predicted octanol–water partition coefficient (Wildman–Crippen LogP) is 1.25. The van der Waals surface area contributed by atoms with Crippen molar-refractivity contribution < 1.29 is 13.9 Å². The van der Waals surface area contributed by atoms with E-state index in [-0.39, 0.29) is 12.0 Å². The van der Waals surface area contributed by atoms with E-state index in [2.05, 4.69) is 15.0 Å². The van der Waals surface area contributed by atoms with E-state index in [1.54, 1.807) is 24.3 Å². The van der Waals surface area contributed by atoms with Crippen LogP contribution in [0.2, 0.25) is 0 Å². The second-order valence-electron chi connectivity index (χ2n) is 5.24. The molecule has 1 atom stereocenters. The fourth-order valence-corrected chi connectivity index (χ4v) is 2.51. The molecule has 3 heterocycles. The van der Waals surface area contributed by atoms with Gasteiger partial charge in [0.05, 0.1) is 12.7 Å². The second-order valence-corrected chi connectivity index (χ2v) is 5.24. The van der Waals surface area contributed by atoms with Crippen molar-refractivity contribution in [2.75, 3.05) is 19.7 Å². The molecule has 7 heteroatoms. The van der Waals surface area contributed by atoms with Crippen molar-refractivity contribution in [3.8, 4) is 0 Å². The molecule has 1 aliphatic heterocycles. The number of amides is 1. The summed E-state index contributed by atoms with van der Waals surface area (Å²) in [5.41, 5.74) is 1.37. The van der Waals surface area contributed by atoms with Gasteiger partial charge in [0.2, 0.25) is 0 Å². The maximum Gasteiger partial charge on any atom is 0.276 e. The van der Waals surface area contributed by atoms with E-state index in [0.717, 1.165) is 18.5 Å². The van der Waals surface area contributed by atoms with Crippen LogP contribution in [-0.4, -0.2) is 51.6 Å². The molecule has 2 aromatic heterocycles. The number of hydrogen-bond donors (Lipinski definition) is 0. The Morgan fingerprint density at radius 3 is 3.09 bits per heavy atom. The lowest BCUT2D eigenvalue weighted by molar-refractivity contribution is -0.0249. The monoisotopic (exact) mass is 302 g/mol. The van der Waals surface area contributed by atoms with E-state index >= 15 is 0 Å². The van der Waals surface area contributed by atoms with E-state index in [0.29, 0.717) is 31.2 Å². The minimum absolute atomic E-state index is 0.0138. The lowest BCUT2D eigenvalue weighted by atomic mass is 10.1. The Labute approximate surface area is 128 Å². The van der Waals surface area contributed by atoms with Gasteiger partial charge in [0, 0.05) is 25.0 Å². The third-order valence-electron chi connectivity index (χ3n) is 3.74. The summed E-state index contributed by atoms with van der Waals surface area (Å²) in [5.74, 6) is 0.454. The van der Waals surface area contributed by atoms with Crippen molar-refractivity contribution in [1.82, 2.24) is 19.9 Å². The molecule has 0 aromatic carbocycles. The number of oxazole rings is 1. The molecule has 1 saturated heterocycles. The topological polar surface area (TPSA) is 81.4 Å². The lowest BCUT2D eigenvalue weighted by Crippen LogP contribution is -2.46. The maximum absolute atomic E-state index is 12.4. The highest BCUT2D eigenvalue weighted by molar-refractivity contribution is 5.93. The average Bonchev–Trinajstić information content (AvgIpc) is 2.99. The van der Waals surface area contributed by atoms with Gasteiger partial charge in [0.1, 0.15) is 12.1 Å². The summed E-state index contributed by atoms with van der Waals surface area (Å²) in [5, 5.41) is 0. The summed E-state index contributed by atoms with van der Waals surface area (Å²) in [7, 11) is 0. The second kappa shape index (κ2) is 6.65. The minimum atomic E-state index is -0.0958. The van der Waals surface area contributed by atoms with Gasteiger partial charge < -0.3 is 14.1 Å². The van der Waals surface area contributed by atoms with Gasteiger partial charge in [0.25, 0.3) is 5.91 Å². The van der Waals surface area contributed by atoms with Crippen LogP contribution in [0.5, 0.6) is 0 Å². The number of ether oxygens (including phenoxy) is 1. The Balaban J connectivity index is 1.57. The summed E-state index contributed by atoms with van der Waals surface area (Å²) >= 11 is 0. The predicted molar refractivity (Wildman–Crippen MR) is 77.2 cm³/mol. The molecule has 0 N–H and O–H groups in total. The first-order valence-corrected chi connectivity index (χ1v) is 7.30. The molecule has 7 nitrogen and oxygen atoms in total. The summed E-state index contributed by atoms with van der Waals surface area (Å²) in [4.78, 5) is 26.3. The van der Waals surface area contributed by atoms with Gasteiger partial charge in [0.15, 0.2) is 12.1 Å². The van der Waals surface area contributed by atoms with Crippen molar-refractivity contribution in [1.29, 1.82) is 0 Å². The van der Waals surface area contributed by atoms with Gasteiger partial charge in [-0.2, -0.15) is 0 Å². The zero-order valence-electron chi connectivity index (χ0n) is 12.4. The SMILES string of the molecule is Cc1ocnc1C(=O)N1CCO[C@@H](CCc2ccncn2)C1. The smallest absolute Gasteiger partial charge is 0.276 e. The molecular formula is C15H18N4O3. The van der Waals surface area contributed by atoms with Crippen LogP contribution in [0.25, 0.3) is 0 Å². The Kier molecular flexibility index (Phi) is 4.43. The zero-order chi connectivity index (χ0) is 15.4. The first kappa shape index (κ1) is 14.6. The third-order valence-corrected chi connectivity index (χ3v) is 3.74. The van der Waals surface area contributed by atoms with Crippen LogP contribution in [0.1, 0.15) is 28.4 Å². The Hall–Kier alpha value is -2.28. The number of rotatable bonds is 4. The maximum atomic E-state index is 12.4. The molecule has 0 aliphatic carbocycles. The quantitative estimate of drug-likeness (QED) is 0.845. The summed E-state index contributed by atoms with van der Waals surface area (Å²) in [6.45, 7) is 3.43. The number of carbonyl (C=O) groups excluding carboxylic acids is 1. The fourth-order valence-electron chi connectivity index (χ4n) is 2.51. The average molecular weight is 302 g/mol. The summed E-state index contributed by atoms with van der Waals surface area (Å²) in [6, 6.07) is 1.89. The van der Waals surface area contributed by atoms with Crippen LogP contribution < -0.4 is 0 Å². The van der Waals surface area contributed by atoms with E-state index in [1.807, 2.05) is 6.07 Å². The molecule has 0 spiro atoms. The van der Waals surface area contributed by atoms with Gasteiger partial charge in [-0.05, 0) is 25.8 Å². The van der Waals surface area contributed by atoms with E-state index in [4.69, 9.17) is 9.15 Å². The molecule has 1 aliphatic rings. The molecule has 116 valence electrons. The fraction of sp³-hybridized carbons (Fsp3) is 0.467. The highest BCUT2D eigenvalue weighted by atomic mass is 16.5. The van der Waals surface area contributed by atoms with E-state index in [1.165, 1.54) is 6.39 Å². The molecule has 2 aromatic rings. The molecular weight excluding hydrogens is 284 g/mol. The van der Waals surface area contributed by atoms with Crippen molar-refractivity contribution in [2.24, 2.45) is 0 Å². The summed E-state index contributed by atoms with van der Waals surface area (Å²) in [6.07, 6.45) is 6.21. The first-order valence-electron chi connectivity index (χ1n) is 7.30.